The monoisotopic (exact) mass is 1120 g/mol. The van der Waals surface area contributed by atoms with Crippen LogP contribution in [0.1, 0.15) is 61.4 Å². The molecule has 1 aliphatic carbocycles. The average Bonchev–Trinajstić information content (AvgIpc) is 3.38. The van der Waals surface area contributed by atoms with Crippen molar-refractivity contribution in [3.63, 3.8) is 0 Å². The van der Waals surface area contributed by atoms with Crippen LogP contribution < -0.4 is 20.3 Å². The van der Waals surface area contributed by atoms with Crippen molar-refractivity contribution >= 4 is 72.2 Å². The lowest BCUT2D eigenvalue weighted by Crippen LogP contribution is -2.50. The first-order valence-electron chi connectivity index (χ1n) is 25.3. The van der Waals surface area contributed by atoms with Gasteiger partial charge >= 0.3 is 11.6 Å². The second-order valence-electron chi connectivity index (χ2n) is 20.2. The first kappa shape index (κ1) is 56.3. The van der Waals surface area contributed by atoms with E-state index >= 15 is 0 Å². The van der Waals surface area contributed by atoms with Crippen LogP contribution in [0.5, 0.6) is 0 Å². The van der Waals surface area contributed by atoms with Gasteiger partial charge in [-0.05, 0) is 128 Å². The number of anilines is 2. The zero-order chi connectivity index (χ0) is 53.4. The summed E-state index contributed by atoms with van der Waals surface area (Å²) in [5.74, 6) is -0.689. The number of halogens is 4. The number of ether oxygens (including phenoxy) is 1. The van der Waals surface area contributed by atoms with Gasteiger partial charge in [0.25, 0.3) is 25.8 Å². The van der Waals surface area contributed by atoms with Crippen molar-refractivity contribution in [2.24, 2.45) is 5.41 Å². The first-order valence-corrected chi connectivity index (χ1v) is 29.6. The number of alkyl halides is 3. The Hall–Kier alpha value is -4.87. The van der Waals surface area contributed by atoms with E-state index in [2.05, 4.69) is 49.3 Å². The quantitative estimate of drug-likeness (QED) is 0.0656. The van der Waals surface area contributed by atoms with Gasteiger partial charge < -0.3 is 30.3 Å². The van der Waals surface area contributed by atoms with Crippen LogP contribution in [0.15, 0.2) is 117 Å². The number of hydrogen-bond acceptors (Lipinski definition) is 13. The third kappa shape index (κ3) is 15.0. The Labute approximate surface area is 447 Å². The molecule has 75 heavy (non-hydrogen) atoms. The summed E-state index contributed by atoms with van der Waals surface area (Å²) in [6.07, 6.45) is 4.03. The van der Waals surface area contributed by atoms with Crippen LogP contribution in [-0.2, 0) is 24.6 Å². The number of piperazine rings is 1. The Bertz CT molecular complexity index is 2870. The summed E-state index contributed by atoms with van der Waals surface area (Å²) < 4.78 is 104. The number of sulfonamides is 1. The summed E-state index contributed by atoms with van der Waals surface area (Å²) in [6, 6.07) is 25.5. The van der Waals surface area contributed by atoms with Crippen molar-refractivity contribution in [1.29, 1.82) is 0 Å². The maximum atomic E-state index is 14.3. The zero-order valence-electron chi connectivity index (χ0n) is 41.9. The van der Waals surface area contributed by atoms with E-state index < -0.39 is 58.9 Å². The number of sulfone groups is 1. The highest BCUT2D eigenvalue weighted by atomic mass is 35.5. The maximum absolute atomic E-state index is 14.3. The van der Waals surface area contributed by atoms with Crippen molar-refractivity contribution in [2.45, 2.75) is 77.7 Å². The highest BCUT2D eigenvalue weighted by Gasteiger charge is 2.48. The fraction of sp³-hybridized carbons (Fsp3) is 0.472. The molecule has 3 heterocycles. The first-order chi connectivity index (χ1) is 35.7. The molecule has 4 aromatic rings. The molecule has 0 bridgehead atoms. The minimum absolute atomic E-state index is 0.0000740. The van der Waals surface area contributed by atoms with Crippen molar-refractivity contribution in [3.05, 3.63) is 119 Å². The van der Waals surface area contributed by atoms with E-state index in [0.29, 0.717) is 75.7 Å². The number of nitrogens with zero attached hydrogens (tertiary/aromatic N) is 4. The number of hydrogen-bond donors (Lipinski definition) is 4. The van der Waals surface area contributed by atoms with Gasteiger partial charge in [-0.1, -0.05) is 54.4 Å². The van der Waals surface area contributed by atoms with E-state index in [-0.39, 0.29) is 17.0 Å². The molecule has 4 aliphatic rings. The lowest BCUT2D eigenvalue weighted by molar-refractivity contribution is -0.0436. The fourth-order valence-corrected chi connectivity index (χ4v) is 13.7. The predicted molar refractivity (Wildman–Crippen MR) is 287 cm³/mol. The maximum Gasteiger partial charge on any atom is 0.501 e. The molecule has 8 rings (SSSR count). The molecule has 0 aromatic heterocycles. The van der Waals surface area contributed by atoms with Gasteiger partial charge in [-0.25, -0.2) is 26.4 Å². The van der Waals surface area contributed by atoms with Gasteiger partial charge in [0.05, 0.1) is 23.8 Å². The smallest absolute Gasteiger partial charge is 0.465 e. The van der Waals surface area contributed by atoms with Crippen LogP contribution in [0.4, 0.5) is 29.3 Å². The minimum Gasteiger partial charge on any atom is -0.465 e. The third-order valence-corrected chi connectivity index (χ3v) is 18.8. The van der Waals surface area contributed by atoms with Crippen LogP contribution in [0.2, 0.25) is 5.02 Å². The molecule has 15 nitrogen and oxygen atoms in total. The van der Waals surface area contributed by atoms with Gasteiger partial charge in [0.2, 0.25) is 0 Å². The highest BCUT2D eigenvalue weighted by Crippen LogP contribution is 2.44. The van der Waals surface area contributed by atoms with Gasteiger partial charge in [0, 0.05) is 104 Å². The number of amides is 2. The number of rotatable bonds is 19. The Morgan fingerprint density at radius 2 is 1.59 bits per heavy atom. The molecule has 3 aliphatic heterocycles. The van der Waals surface area contributed by atoms with Gasteiger partial charge in [-0.3, -0.25) is 14.6 Å². The predicted octanol–water partition coefficient (Wildman–Crippen LogP) is 8.55. The lowest BCUT2D eigenvalue weighted by Gasteiger charge is -2.44. The number of carbonyl (C=O) groups is 2. The number of allylic oxidation sites excluding steroid dienone is 1. The standard InChI is InChI=1S/C53H65ClF3N7O8S3/c1-52(37-63-22-5-6-42(35-63)59-51(66)67)21-19-47(38-9-13-41(54)14-10-38)40(33-52)34-62-24-26-64(27-25-62)44-15-11-39(12-16-44)50(65)60-75(70,71)46-17-18-48(49(32-46)74(68,69)53(55,56)57)58-43(20-23-61-28-30-72-31-29-61)36-73-45-7-3-2-4-8-45/h2-4,7-18,32,42-43,58-59H,5-6,19-31,33-37H2,1H3,(H,60,65)(H,66,67)/t42-,43?,52?/m0/s1. The van der Waals surface area contributed by atoms with Crippen LogP contribution in [0.3, 0.4) is 0 Å². The van der Waals surface area contributed by atoms with Gasteiger partial charge in [0.1, 0.15) is 4.90 Å². The molecular weight excluding hydrogens is 1050 g/mol. The molecule has 3 atom stereocenters. The van der Waals surface area contributed by atoms with Crippen molar-refractivity contribution < 1.29 is 49.4 Å². The highest BCUT2D eigenvalue weighted by molar-refractivity contribution is 7.99. The fourth-order valence-electron chi connectivity index (χ4n) is 10.6. The van der Waals surface area contributed by atoms with E-state index in [4.69, 9.17) is 16.3 Å². The number of carboxylic acid groups (broad SMARTS) is 1. The Morgan fingerprint density at radius 1 is 0.880 bits per heavy atom. The van der Waals surface area contributed by atoms with Crippen LogP contribution in [0.25, 0.3) is 5.57 Å². The summed E-state index contributed by atoms with van der Waals surface area (Å²) >= 11 is 7.73. The summed E-state index contributed by atoms with van der Waals surface area (Å²) in [7, 11) is -11.0. The summed E-state index contributed by atoms with van der Waals surface area (Å²) in [4.78, 5) is 32.9. The SMILES string of the molecule is CC1(CN2CCC[C@H](NC(=O)O)C2)CCC(c2ccc(Cl)cc2)=C(CN2CCN(c3ccc(C(=O)NS(=O)(=O)c4ccc(NC(CCN5CCOCC5)CSc5ccccc5)c(S(=O)(=O)C(F)(F)F)c4)cc3)CC2)C1. The number of morpholine rings is 1. The molecule has 3 fully saturated rings. The number of piperidine rings is 1. The summed E-state index contributed by atoms with van der Waals surface area (Å²) in [5.41, 5.74) is -1.51. The molecule has 0 saturated carbocycles. The second-order valence-corrected chi connectivity index (χ2v) is 25.3. The van der Waals surface area contributed by atoms with Gasteiger partial charge in [-0.15, -0.1) is 11.8 Å². The van der Waals surface area contributed by atoms with Gasteiger partial charge in [0.15, 0.2) is 0 Å². The number of likely N-dealkylation sites (tertiary alicyclic amines) is 1. The topological polar surface area (TPSA) is 181 Å². The molecule has 2 unspecified atom stereocenters. The van der Waals surface area contributed by atoms with E-state index in [9.17, 15) is 44.7 Å². The Morgan fingerprint density at radius 3 is 2.27 bits per heavy atom. The van der Waals surface area contributed by atoms with Gasteiger partial charge in [-0.2, -0.15) is 13.2 Å². The molecular formula is C53H65ClF3N7O8S3. The molecule has 0 spiro atoms. The number of nitrogens with one attached hydrogen (secondary N) is 3. The van der Waals surface area contributed by atoms with E-state index in [1.807, 2.05) is 47.2 Å². The van der Waals surface area contributed by atoms with Crippen molar-refractivity contribution in [3.8, 4) is 0 Å². The molecule has 3 saturated heterocycles. The van der Waals surface area contributed by atoms with Crippen LogP contribution >= 0.6 is 23.4 Å². The Balaban J connectivity index is 0.914. The largest absolute Gasteiger partial charge is 0.501 e. The molecule has 2 amide bonds. The summed E-state index contributed by atoms with van der Waals surface area (Å²) in [5, 5.41) is 15.7. The number of benzene rings is 4. The second kappa shape index (κ2) is 24.6. The summed E-state index contributed by atoms with van der Waals surface area (Å²) in [6.45, 7) is 11.5. The van der Waals surface area contributed by atoms with Crippen molar-refractivity contribution in [2.75, 3.05) is 101 Å². The van der Waals surface area contributed by atoms with E-state index in [0.717, 1.165) is 93.1 Å². The van der Waals surface area contributed by atoms with E-state index in [1.54, 1.807) is 12.1 Å². The molecule has 4 aromatic carbocycles. The lowest BCUT2D eigenvalue weighted by atomic mass is 9.71. The molecule has 406 valence electrons. The number of thioether (sulfide) groups is 1. The molecule has 22 heteroatoms. The minimum atomic E-state index is -6.08. The van der Waals surface area contributed by atoms with Crippen molar-refractivity contribution in [1.82, 2.24) is 24.7 Å². The molecule has 4 N–H and O–H groups in total. The average molecular weight is 1120 g/mol. The van der Waals surface area contributed by atoms with Crippen LogP contribution in [-0.4, -0.2) is 157 Å². The number of carbonyl (C=O) groups excluding carboxylic acids is 1. The molecule has 0 radical (unpaired) electrons. The zero-order valence-corrected chi connectivity index (χ0v) is 45.1. The third-order valence-electron chi connectivity index (χ3n) is 14.5. The van der Waals surface area contributed by atoms with Crippen LogP contribution in [0, 0.1) is 5.41 Å². The Kier molecular flexibility index (Phi) is 18.5. The van der Waals surface area contributed by atoms with E-state index in [1.165, 1.54) is 35.0 Å². The normalized spacial score (nSPS) is 21.1.